The smallest absolute Gasteiger partial charge is 0.220 e. The molecule has 1 aliphatic heterocycles. The molecule has 12 rings (SSSR count). The van der Waals surface area contributed by atoms with Gasteiger partial charge in [0.1, 0.15) is 11.5 Å². The Morgan fingerprint density at radius 2 is 1.07 bits per heavy atom. The molecule has 9 aromatic rings. The number of hydrogen-bond donors (Lipinski definition) is 0. The molecule has 5 heteroatoms. The van der Waals surface area contributed by atoms with Crippen molar-refractivity contribution in [1.82, 2.24) is 14.0 Å². The first-order valence-electron chi connectivity index (χ1n) is 21.8. The van der Waals surface area contributed by atoms with Crippen LogP contribution < -0.4 is 25.5 Å². The van der Waals surface area contributed by atoms with Gasteiger partial charge in [-0.1, -0.05) is 159 Å². The van der Waals surface area contributed by atoms with E-state index in [0.29, 0.717) is 11.8 Å². The Bertz CT molecular complexity index is 2950. The molecule has 0 saturated heterocycles. The summed E-state index contributed by atoms with van der Waals surface area (Å²) in [4.78, 5) is 5.28. The van der Waals surface area contributed by atoms with Crippen LogP contribution in [0.5, 0.6) is 11.5 Å². The van der Waals surface area contributed by atoms with Gasteiger partial charge in [0.2, 0.25) is 5.78 Å². The molecule has 288 valence electrons. The number of hydrogen-bond acceptors (Lipinski definition) is 2. The molecule has 2 saturated carbocycles. The molecule has 7 aromatic carbocycles. The number of imidazole rings is 2. The molecule has 59 heavy (non-hydrogen) atoms. The number of aromatic nitrogens is 3. The zero-order valence-corrected chi connectivity index (χ0v) is 34.3. The number of nitrogens with zero attached hydrogens (tertiary/aromatic N) is 3. The van der Waals surface area contributed by atoms with Crippen LogP contribution in [0.4, 0.5) is 0 Å². The lowest BCUT2D eigenvalue weighted by Crippen LogP contribution is -2.75. The molecule has 0 amide bonds. The van der Waals surface area contributed by atoms with Crippen molar-refractivity contribution < 1.29 is 4.74 Å². The summed E-state index contributed by atoms with van der Waals surface area (Å²) >= 11 is 0. The molecular formula is C54H47N3OSi. The van der Waals surface area contributed by atoms with Gasteiger partial charge in [-0.2, -0.15) is 0 Å². The normalized spacial score (nSPS) is 16.7. The second kappa shape index (κ2) is 13.7. The predicted molar refractivity (Wildman–Crippen MR) is 244 cm³/mol. The van der Waals surface area contributed by atoms with Gasteiger partial charge in [0.15, 0.2) is 8.07 Å². The maximum atomic E-state index is 7.52. The van der Waals surface area contributed by atoms with E-state index in [0.717, 1.165) is 45.0 Å². The molecule has 0 unspecified atom stereocenters. The van der Waals surface area contributed by atoms with Gasteiger partial charge >= 0.3 is 0 Å². The Labute approximate surface area is 346 Å². The fraction of sp³-hybridized carbons (Fsp3) is 0.204. The van der Waals surface area contributed by atoms with E-state index in [1.807, 2.05) is 0 Å². The molecule has 3 heterocycles. The van der Waals surface area contributed by atoms with Crippen LogP contribution in [0.3, 0.4) is 0 Å². The Morgan fingerprint density at radius 1 is 0.508 bits per heavy atom. The molecule has 2 aliphatic carbocycles. The molecule has 0 spiro atoms. The van der Waals surface area contributed by atoms with E-state index in [-0.39, 0.29) is 5.41 Å². The van der Waals surface area contributed by atoms with E-state index in [1.54, 1.807) is 0 Å². The zero-order valence-electron chi connectivity index (χ0n) is 33.3. The Balaban J connectivity index is 1.18. The minimum absolute atomic E-state index is 0.0824. The topological polar surface area (TPSA) is 31.5 Å². The molecule has 0 bridgehead atoms. The van der Waals surface area contributed by atoms with E-state index in [4.69, 9.17) is 9.72 Å². The Hall–Kier alpha value is -6.17. The van der Waals surface area contributed by atoms with Crippen LogP contribution >= 0.6 is 0 Å². The molecule has 2 fully saturated rings. The highest BCUT2D eigenvalue weighted by Crippen LogP contribution is 2.61. The van der Waals surface area contributed by atoms with Gasteiger partial charge < -0.3 is 4.74 Å². The Kier molecular flexibility index (Phi) is 8.09. The summed E-state index contributed by atoms with van der Waals surface area (Å²) in [6.45, 7) is 0. The molecule has 3 aliphatic rings. The van der Waals surface area contributed by atoms with Crippen molar-refractivity contribution >= 4 is 56.7 Å². The lowest BCUT2D eigenvalue weighted by atomic mass is 9.56. The van der Waals surface area contributed by atoms with Gasteiger partial charge in [-0.15, -0.1) is 0 Å². The summed E-state index contributed by atoms with van der Waals surface area (Å²) < 4.78 is 12.2. The maximum Gasteiger partial charge on any atom is 0.220 e. The molecule has 0 atom stereocenters. The van der Waals surface area contributed by atoms with Crippen molar-refractivity contribution in [3.8, 4) is 17.2 Å². The first kappa shape index (κ1) is 34.8. The summed E-state index contributed by atoms with van der Waals surface area (Å²) in [5.74, 6) is 4.25. The average molecular weight is 782 g/mol. The van der Waals surface area contributed by atoms with E-state index in [9.17, 15) is 0 Å². The summed E-state index contributed by atoms with van der Waals surface area (Å²) in [5, 5.41) is 5.34. The third-order valence-electron chi connectivity index (χ3n) is 14.5. The zero-order chi connectivity index (χ0) is 39.0. The minimum Gasteiger partial charge on any atom is -0.457 e. The lowest BCUT2D eigenvalue weighted by molar-refractivity contribution is 0.197. The fourth-order valence-electron chi connectivity index (χ4n) is 12.2. The second-order valence-corrected chi connectivity index (χ2v) is 21.0. The molecule has 0 N–H and O–H groups in total. The van der Waals surface area contributed by atoms with Gasteiger partial charge in [0.05, 0.1) is 22.1 Å². The highest BCUT2D eigenvalue weighted by molar-refractivity contribution is 7.20. The summed E-state index contributed by atoms with van der Waals surface area (Å²) in [6, 6.07) is 65.9. The van der Waals surface area contributed by atoms with Crippen LogP contribution in [0.25, 0.3) is 33.5 Å². The van der Waals surface area contributed by atoms with Crippen LogP contribution in [-0.2, 0) is 5.41 Å². The largest absolute Gasteiger partial charge is 0.457 e. The highest BCUT2D eigenvalue weighted by atomic mass is 28.3. The summed E-state index contributed by atoms with van der Waals surface area (Å²) in [7, 11) is -3.12. The summed E-state index contributed by atoms with van der Waals surface area (Å²) in [6.07, 6.45) is 10.3. The van der Waals surface area contributed by atoms with E-state index < -0.39 is 8.07 Å². The molecular weight excluding hydrogens is 735 g/mol. The summed E-state index contributed by atoms with van der Waals surface area (Å²) in [5.41, 5.74) is 8.28. The quantitative estimate of drug-likeness (QED) is 0.119. The number of ether oxygens (including phenoxy) is 1. The third-order valence-corrected chi connectivity index (χ3v) is 19.2. The second-order valence-electron chi connectivity index (χ2n) is 17.2. The van der Waals surface area contributed by atoms with Crippen LogP contribution in [0, 0.1) is 11.8 Å². The first-order chi connectivity index (χ1) is 29.3. The van der Waals surface area contributed by atoms with E-state index in [2.05, 4.69) is 185 Å². The van der Waals surface area contributed by atoms with Crippen molar-refractivity contribution in [2.24, 2.45) is 11.8 Å². The lowest BCUT2D eigenvalue weighted by Gasteiger charge is -2.50. The number of fused-ring (bicyclic) bond motifs is 7. The fourth-order valence-corrected chi connectivity index (χ4v) is 17.1. The third kappa shape index (κ3) is 4.97. The predicted octanol–water partition coefficient (Wildman–Crippen LogP) is 10.6. The number of para-hydroxylation sites is 6. The van der Waals surface area contributed by atoms with Crippen molar-refractivity contribution in [3.05, 3.63) is 187 Å². The standard InChI is InChI=1S/C54H47N3OSi/c1-3-24-41(25-4-1)59(42-26-5-2-6-27-42,43-28-17-23-40(37-43)56-48-33-14-15-34-49(48)57-47-32-13-12-31-46(47)55-53(56)57)51-36-18-30-45-52(51)58-50-35-16-11-29-44(50)54(45,38-19-7-8-20-38)39-21-9-10-22-39/h1-6,11-18,23-39H,7-10,19-22H2. The average Bonchev–Trinajstić information content (AvgIpc) is 4.14. The van der Waals surface area contributed by atoms with Gasteiger partial charge in [-0.05, 0) is 101 Å². The Morgan fingerprint density at radius 3 is 1.78 bits per heavy atom. The van der Waals surface area contributed by atoms with Crippen molar-refractivity contribution in [2.75, 3.05) is 0 Å². The van der Waals surface area contributed by atoms with Crippen LogP contribution in [-0.4, -0.2) is 22.0 Å². The number of rotatable bonds is 7. The van der Waals surface area contributed by atoms with Crippen LogP contribution in [0.2, 0.25) is 0 Å². The van der Waals surface area contributed by atoms with Crippen molar-refractivity contribution in [2.45, 2.75) is 56.8 Å². The van der Waals surface area contributed by atoms with Crippen LogP contribution in [0.15, 0.2) is 176 Å². The van der Waals surface area contributed by atoms with E-state index >= 15 is 0 Å². The first-order valence-corrected chi connectivity index (χ1v) is 23.8. The molecule has 4 nitrogen and oxygen atoms in total. The molecule has 2 aromatic heterocycles. The highest BCUT2D eigenvalue weighted by Gasteiger charge is 2.55. The van der Waals surface area contributed by atoms with Crippen molar-refractivity contribution in [1.29, 1.82) is 0 Å². The van der Waals surface area contributed by atoms with Crippen molar-refractivity contribution in [3.63, 3.8) is 0 Å². The van der Waals surface area contributed by atoms with Gasteiger partial charge in [-0.25, -0.2) is 4.98 Å². The monoisotopic (exact) mass is 781 g/mol. The van der Waals surface area contributed by atoms with Crippen LogP contribution in [0.1, 0.15) is 62.5 Å². The van der Waals surface area contributed by atoms with Gasteiger partial charge in [-0.3, -0.25) is 8.97 Å². The van der Waals surface area contributed by atoms with Gasteiger partial charge in [0, 0.05) is 22.2 Å². The van der Waals surface area contributed by atoms with E-state index in [1.165, 1.54) is 83.2 Å². The molecule has 0 radical (unpaired) electrons. The van der Waals surface area contributed by atoms with Gasteiger partial charge in [0.25, 0.3) is 0 Å². The SMILES string of the molecule is c1ccc([Si](c2ccccc2)(c2cccc(-n3c4ccccc4n4c5ccccc5nc34)c2)c2cccc3c2Oc2ccccc2C3(C2CCCC2)C2CCCC2)cc1. The number of benzene rings is 7. The maximum absolute atomic E-state index is 7.52. The minimum atomic E-state index is -3.12.